The van der Waals surface area contributed by atoms with E-state index in [4.69, 9.17) is 0 Å². The highest BCUT2D eigenvalue weighted by atomic mass is 16.3. The van der Waals surface area contributed by atoms with Gasteiger partial charge in [-0.2, -0.15) is 5.10 Å². The average Bonchev–Trinajstić information content (AvgIpc) is 2.39. The van der Waals surface area contributed by atoms with Crippen molar-refractivity contribution in [3.05, 3.63) is 52.4 Å². The molecule has 3 rings (SSSR count). The Kier molecular flexibility index (Phi) is 3.41. The van der Waals surface area contributed by atoms with Crippen molar-refractivity contribution in [1.29, 1.82) is 0 Å². The molecule has 1 heterocycles. The molecule has 0 amide bonds. The molecule has 0 saturated heterocycles. The van der Waals surface area contributed by atoms with Crippen molar-refractivity contribution in [1.82, 2.24) is 9.78 Å². The standard InChI is InChI=1S/C15H17N3O2/c19-14-6-4-11(5-7-14)10-18-15(20)8-13(9-16-18)17-12-2-1-3-12/h4-9,12,17,19H,1-3,10H2. The van der Waals surface area contributed by atoms with Gasteiger partial charge in [0.05, 0.1) is 18.4 Å². The lowest BCUT2D eigenvalue weighted by molar-refractivity contribution is 0.445. The van der Waals surface area contributed by atoms with E-state index < -0.39 is 0 Å². The molecular formula is C15H17N3O2. The number of rotatable bonds is 4. The highest BCUT2D eigenvalue weighted by Crippen LogP contribution is 2.22. The number of hydrogen-bond acceptors (Lipinski definition) is 4. The van der Waals surface area contributed by atoms with Crippen molar-refractivity contribution in [2.24, 2.45) is 0 Å². The molecule has 20 heavy (non-hydrogen) atoms. The second-order valence-corrected chi connectivity index (χ2v) is 5.18. The molecule has 2 N–H and O–H groups in total. The molecule has 1 aromatic heterocycles. The van der Waals surface area contributed by atoms with Crippen LogP contribution in [0.25, 0.3) is 0 Å². The van der Waals surface area contributed by atoms with E-state index in [1.807, 2.05) is 0 Å². The third kappa shape index (κ3) is 2.82. The SMILES string of the molecule is O=c1cc(NC2CCC2)cnn1Cc1ccc(O)cc1. The number of nitrogens with zero attached hydrogens (tertiary/aromatic N) is 2. The lowest BCUT2D eigenvalue weighted by Gasteiger charge is -2.27. The molecule has 0 aliphatic heterocycles. The van der Waals surface area contributed by atoms with Crippen LogP contribution in [-0.2, 0) is 6.54 Å². The molecule has 104 valence electrons. The molecule has 1 aliphatic rings. The number of nitrogens with one attached hydrogen (secondary N) is 1. The van der Waals surface area contributed by atoms with Crippen molar-refractivity contribution in [2.75, 3.05) is 5.32 Å². The highest BCUT2D eigenvalue weighted by Gasteiger charge is 2.17. The summed E-state index contributed by atoms with van der Waals surface area (Å²) in [6.07, 6.45) is 5.27. The molecule has 1 saturated carbocycles. The fourth-order valence-electron chi connectivity index (χ4n) is 2.19. The van der Waals surface area contributed by atoms with Gasteiger partial charge in [0.25, 0.3) is 5.56 Å². The van der Waals surface area contributed by atoms with Gasteiger partial charge >= 0.3 is 0 Å². The van der Waals surface area contributed by atoms with Crippen LogP contribution in [-0.4, -0.2) is 20.9 Å². The predicted octanol–water partition coefficient (Wildman–Crippen LogP) is 1.96. The third-order valence-electron chi connectivity index (χ3n) is 3.61. The van der Waals surface area contributed by atoms with Gasteiger partial charge in [-0.3, -0.25) is 4.79 Å². The van der Waals surface area contributed by atoms with Crippen molar-refractivity contribution < 1.29 is 5.11 Å². The normalized spacial score (nSPS) is 14.8. The van der Waals surface area contributed by atoms with Crippen molar-refractivity contribution >= 4 is 5.69 Å². The van der Waals surface area contributed by atoms with Gasteiger partial charge in [0, 0.05) is 12.1 Å². The summed E-state index contributed by atoms with van der Waals surface area (Å²) in [5.41, 5.74) is 1.60. The number of aromatic hydroxyl groups is 1. The largest absolute Gasteiger partial charge is 0.508 e. The quantitative estimate of drug-likeness (QED) is 0.892. The van der Waals surface area contributed by atoms with Gasteiger partial charge in [0.15, 0.2) is 0 Å². The van der Waals surface area contributed by atoms with Crippen molar-refractivity contribution in [3.63, 3.8) is 0 Å². The van der Waals surface area contributed by atoms with Crippen LogP contribution in [0.15, 0.2) is 41.3 Å². The van der Waals surface area contributed by atoms with E-state index in [0.717, 1.165) is 24.1 Å². The molecule has 1 aliphatic carbocycles. The Hall–Kier alpha value is -2.30. The van der Waals surface area contributed by atoms with Crippen LogP contribution in [0, 0.1) is 0 Å². The summed E-state index contributed by atoms with van der Waals surface area (Å²) in [5, 5.41) is 16.7. The number of phenolic OH excluding ortho intramolecular Hbond substituents is 1. The van der Waals surface area contributed by atoms with Gasteiger partial charge in [-0.15, -0.1) is 0 Å². The van der Waals surface area contributed by atoms with Crippen LogP contribution >= 0.6 is 0 Å². The lowest BCUT2D eigenvalue weighted by Crippen LogP contribution is -2.29. The summed E-state index contributed by atoms with van der Waals surface area (Å²) in [7, 11) is 0. The van der Waals surface area contributed by atoms with E-state index in [9.17, 15) is 9.90 Å². The molecule has 5 heteroatoms. The summed E-state index contributed by atoms with van der Waals surface area (Å²) in [4.78, 5) is 12.0. The van der Waals surface area contributed by atoms with Crippen molar-refractivity contribution in [3.8, 4) is 5.75 Å². The van der Waals surface area contributed by atoms with Crippen LogP contribution in [0.4, 0.5) is 5.69 Å². The van der Waals surface area contributed by atoms with E-state index in [1.165, 1.54) is 11.1 Å². The van der Waals surface area contributed by atoms with Gasteiger partial charge in [0.1, 0.15) is 5.75 Å². The third-order valence-corrected chi connectivity index (χ3v) is 3.61. The van der Waals surface area contributed by atoms with Crippen LogP contribution in [0.2, 0.25) is 0 Å². The van der Waals surface area contributed by atoms with Gasteiger partial charge in [-0.05, 0) is 37.0 Å². The molecule has 0 atom stereocenters. The minimum Gasteiger partial charge on any atom is -0.508 e. The summed E-state index contributed by atoms with van der Waals surface area (Å²) in [5.74, 6) is 0.217. The number of benzene rings is 1. The maximum atomic E-state index is 12.0. The Morgan fingerprint density at radius 1 is 1.30 bits per heavy atom. The second kappa shape index (κ2) is 5.36. The molecule has 0 spiro atoms. The minimum atomic E-state index is -0.123. The van der Waals surface area contributed by atoms with E-state index >= 15 is 0 Å². The first-order valence-electron chi connectivity index (χ1n) is 6.82. The average molecular weight is 271 g/mol. The predicted molar refractivity (Wildman–Crippen MR) is 77.0 cm³/mol. The molecule has 0 bridgehead atoms. The number of hydrogen-bond donors (Lipinski definition) is 2. The fourth-order valence-corrected chi connectivity index (χ4v) is 2.19. The topological polar surface area (TPSA) is 67.2 Å². The maximum Gasteiger partial charge on any atom is 0.269 e. The first-order valence-corrected chi connectivity index (χ1v) is 6.82. The number of anilines is 1. The Balaban J connectivity index is 1.73. The van der Waals surface area contributed by atoms with E-state index in [0.29, 0.717) is 12.6 Å². The zero-order valence-corrected chi connectivity index (χ0v) is 11.1. The van der Waals surface area contributed by atoms with Gasteiger partial charge in [0.2, 0.25) is 0 Å². The van der Waals surface area contributed by atoms with Crippen molar-refractivity contribution in [2.45, 2.75) is 31.8 Å². The van der Waals surface area contributed by atoms with Crippen LogP contribution in [0.5, 0.6) is 5.75 Å². The minimum absolute atomic E-state index is 0.123. The van der Waals surface area contributed by atoms with E-state index in [1.54, 1.807) is 36.5 Å². The molecule has 5 nitrogen and oxygen atoms in total. The number of aromatic nitrogens is 2. The number of phenols is 1. The lowest BCUT2D eigenvalue weighted by atomic mass is 9.93. The Morgan fingerprint density at radius 3 is 2.65 bits per heavy atom. The monoisotopic (exact) mass is 271 g/mol. The summed E-state index contributed by atoms with van der Waals surface area (Å²) < 4.78 is 1.42. The molecule has 2 aromatic rings. The highest BCUT2D eigenvalue weighted by molar-refractivity contribution is 5.40. The first kappa shape index (κ1) is 12.7. The summed E-state index contributed by atoms with van der Waals surface area (Å²) in [6.45, 7) is 0.406. The molecule has 1 fully saturated rings. The van der Waals surface area contributed by atoms with Crippen LogP contribution in [0.1, 0.15) is 24.8 Å². The summed E-state index contributed by atoms with van der Waals surface area (Å²) in [6, 6.07) is 8.85. The zero-order chi connectivity index (χ0) is 13.9. The van der Waals surface area contributed by atoms with Gasteiger partial charge < -0.3 is 10.4 Å². The molecule has 0 unspecified atom stereocenters. The molecular weight excluding hydrogens is 254 g/mol. The fraction of sp³-hybridized carbons (Fsp3) is 0.333. The van der Waals surface area contributed by atoms with E-state index in [2.05, 4.69) is 10.4 Å². The zero-order valence-electron chi connectivity index (χ0n) is 11.1. The molecule has 0 radical (unpaired) electrons. The van der Waals surface area contributed by atoms with Crippen LogP contribution in [0.3, 0.4) is 0 Å². The Morgan fingerprint density at radius 2 is 2.05 bits per heavy atom. The second-order valence-electron chi connectivity index (χ2n) is 5.18. The van der Waals surface area contributed by atoms with Gasteiger partial charge in [-0.25, -0.2) is 4.68 Å². The maximum absolute atomic E-state index is 12.0. The summed E-state index contributed by atoms with van der Waals surface area (Å²) >= 11 is 0. The van der Waals surface area contributed by atoms with Crippen LogP contribution < -0.4 is 10.9 Å². The van der Waals surface area contributed by atoms with E-state index in [-0.39, 0.29) is 11.3 Å². The Bertz CT molecular complexity index is 645. The smallest absolute Gasteiger partial charge is 0.269 e. The van der Waals surface area contributed by atoms with Gasteiger partial charge in [-0.1, -0.05) is 12.1 Å². The Labute approximate surface area is 116 Å². The first-order chi connectivity index (χ1) is 9.70. The molecule has 1 aromatic carbocycles.